The van der Waals surface area contributed by atoms with E-state index >= 15 is 0 Å². The van der Waals surface area contributed by atoms with Crippen molar-refractivity contribution < 1.29 is 14.3 Å². The van der Waals surface area contributed by atoms with E-state index in [9.17, 15) is 9.59 Å². The zero-order valence-corrected chi connectivity index (χ0v) is 13.0. The van der Waals surface area contributed by atoms with Gasteiger partial charge in [0.1, 0.15) is 0 Å². The summed E-state index contributed by atoms with van der Waals surface area (Å²) in [6.07, 6.45) is 0. The first-order valence-electron chi connectivity index (χ1n) is 6.45. The van der Waals surface area contributed by atoms with Crippen LogP contribution in [0.3, 0.4) is 0 Å². The van der Waals surface area contributed by atoms with Crippen molar-refractivity contribution in [3.05, 3.63) is 64.1 Å². The predicted octanol–water partition coefficient (Wildman–Crippen LogP) is 3.88. The Morgan fingerprint density at radius 1 is 1.10 bits per heavy atom. The van der Waals surface area contributed by atoms with Crippen molar-refractivity contribution in [3.8, 4) is 0 Å². The molecule has 1 amide bonds. The van der Waals surface area contributed by atoms with Gasteiger partial charge in [-0.3, -0.25) is 4.79 Å². The predicted molar refractivity (Wildman–Crippen MR) is 84.5 cm³/mol. The third-order valence-electron chi connectivity index (χ3n) is 2.78. The lowest BCUT2D eigenvalue weighted by Gasteiger charge is -2.10. The number of rotatable bonds is 4. The molecular weight excluding hydrogens is 334 g/mol. The minimum Gasteiger partial charge on any atom is -0.462 e. The van der Waals surface area contributed by atoms with Crippen LogP contribution in [0.1, 0.15) is 27.6 Å². The maximum absolute atomic E-state index is 12.2. The molecule has 0 spiro atoms. The number of hydrogen-bond donors (Lipinski definition) is 1. The maximum atomic E-state index is 12.2. The Kier molecular flexibility index (Phi) is 5.11. The molecule has 0 atom stereocenters. The Labute approximate surface area is 131 Å². The monoisotopic (exact) mass is 347 g/mol. The van der Waals surface area contributed by atoms with E-state index in [4.69, 9.17) is 4.74 Å². The molecule has 0 fully saturated rings. The largest absolute Gasteiger partial charge is 0.462 e. The molecule has 5 heteroatoms. The number of carbonyl (C=O) groups excluding carboxylic acids is 2. The van der Waals surface area contributed by atoms with Crippen molar-refractivity contribution in [1.82, 2.24) is 0 Å². The molecule has 2 aromatic carbocycles. The second-order valence-electron chi connectivity index (χ2n) is 4.23. The van der Waals surface area contributed by atoms with Gasteiger partial charge >= 0.3 is 5.97 Å². The Hall–Kier alpha value is -2.14. The summed E-state index contributed by atoms with van der Waals surface area (Å²) in [7, 11) is 0. The molecule has 108 valence electrons. The van der Waals surface area contributed by atoms with Crippen LogP contribution in [0.15, 0.2) is 53.0 Å². The summed E-state index contributed by atoms with van der Waals surface area (Å²) in [6.45, 7) is 2.02. The molecule has 0 saturated heterocycles. The standard InChI is InChI=1S/C16H14BrNO3/c1-2-21-16(20)13-5-3-4-6-14(13)18-15(19)11-7-9-12(17)10-8-11/h3-10H,2H2,1H3,(H,18,19). The normalized spacial score (nSPS) is 10.0. The van der Waals surface area contributed by atoms with E-state index < -0.39 is 5.97 Å². The molecule has 0 heterocycles. The number of nitrogens with one attached hydrogen (secondary N) is 1. The lowest BCUT2D eigenvalue weighted by atomic mass is 10.1. The van der Waals surface area contributed by atoms with Gasteiger partial charge in [-0.25, -0.2) is 4.79 Å². The molecular formula is C16H14BrNO3. The van der Waals surface area contributed by atoms with Crippen LogP contribution < -0.4 is 5.32 Å². The van der Waals surface area contributed by atoms with Crippen LogP contribution in [0, 0.1) is 0 Å². The molecule has 0 aromatic heterocycles. The molecule has 1 N–H and O–H groups in total. The average molecular weight is 348 g/mol. The molecule has 2 aromatic rings. The summed E-state index contributed by atoms with van der Waals surface area (Å²) in [5, 5.41) is 2.73. The summed E-state index contributed by atoms with van der Waals surface area (Å²) in [5.74, 6) is -0.733. The topological polar surface area (TPSA) is 55.4 Å². The molecule has 0 saturated carbocycles. The van der Waals surface area contributed by atoms with Crippen molar-refractivity contribution in [2.75, 3.05) is 11.9 Å². The molecule has 4 nitrogen and oxygen atoms in total. The highest BCUT2D eigenvalue weighted by Gasteiger charge is 2.14. The molecule has 0 aliphatic heterocycles. The van der Waals surface area contributed by atoms with E-state index in [1.165, 1.54) is 0 Å². The van der Waals surface area contributed by atoms with Gasteiger partial charge < -0.3 is 10.1 Å². The number of ether oxygens (including phenoxy) is 1. The molecule has 21 heavy (non-hydrogen) atoms. The molecule has 0 aliphatic carbocycles. The van der Waals surface area contributed by atoms with Crippen LogP contribution in [0.5, 0.6) is 0 Å². The minimum absolute atomic E-state index is 0.278. The Balaban J connectivity index is 2.21. The molecule has 0 bridgehead atoms. The van der Waals surface area contributed by atoms with Crippen LogP contribution in [0.4, 0.5) is 5.69 Å². The average Bonchev–Trinajstić information content (AvgIpc) is 2.48. The van der Waals surface area contributed by atoms with Crippen molar-refractivity contribution in [2.24, 2.45) is 0 Å². The van der Waals surface area contributed by atoms with Gasteiger partial charge in [0.05, 0.1) is 17.9 Å². The zero-order valence-electron chi connectivity index (χ0n) is 11.4. The van der Waals surface area contributed by atoms with E-state index in [0.717, 1.165) is 4.47 Å². The van der Waals surface area contributed by atoms with Gasteiger partial charge in [0.15, 0.2) is 0 Å². The van der Waals surface area contributed by atoms with Crippen LogP contribution >= 0.6 is 15.9 Å². The van der Waals surface area contributed by atoms with Crippen LogP contribution in [-0.4, -0.2) is 18.5 Å². The van der Waals surface area contributed by atoms with Gasteiger partial charge in [0.25, 0.3) is 5.91 Å². The van der Waals surface area contributed by atoms with Crippen molar-refractivity contribution >= 4 is 33.5 Å². The van der Waals surface area contributed by atoms with Crippen LogP contribution in [0.25, 0.3) is 0 Å². The highest BCUT2D eigenvalue weighted by molar-refractivity contribution is 9.10. The number of hydrogen-bond acceptors (Lipinski definition) is 3. The highest BCUT2D eigenvalue weighted by Crippen LogP contribution is 2.18. The van der Waals surface area contributed by atoms with Crippen molar-refractivity contribution in [2.45, 2.75) is 6.92 Å². The van der Waals surface area contributed by atoms with E-state index in [0.29, 0.717) is 16.8 Å². The lowest BCUT2D eigenvalue weighted by molar-refractivity contribution is 0.0527. The first-order valence-corrected chi connectivity index (χ1v) is 7.24. The third-order valence-corrected chi connectivity index (χ3v) is 3.31. The fourth-order valence-electron chi connectivity index (χ4n) is 1.77. The quantitative estimate of drug-likeness (QED) is 0.854. The van der Waals surface area contributed by atoms with Gasteiger partial charge in [0.2, 0.25) is 0 Å². The number of amides is 1. The highest BCUT2D eigenvalue weighted by atomic mass is 79.9. The van der Waals surface area contributed by atoms with Gasteiger partial charge in [-0.05, 0) is 43.3 Å². The number of anilines is 1. The summed E-state index contributed by atoms with van der Waals surface area (Å²) < 4.78 is 5.87. The number of esters is 1. The van der Waals surface area contributed by atoms with Gasteiger partial charge in [-0.15, -0.1) is 0 Å². The van der Waals surface area contributed by atoms with E-state index in [-0.39, 0.29) is 12.5 Å². The van der Waals surface area contributed by atoms with Gasteiger partial charge in [-0.1, -0.05) is 28.1 Å². The Bertz CT molecular complexity index is 653. The zero-order chi connectivity index (χ0) is 15.2. The first kappa shape index (κ1) is 15.3. The number of benzene rings is 2. The summed E-state index contributed by atoms with van der Waals surface area (Å²) in [5.41, 5.74) is 1.28. The van der Waals surface area contributed by atoms with Crippen LogP contribution in [-0.2, 0) is 4.74 Å². The fourth-order valence-corrected chi connectivity index (χ4v) is 2.04. The molecule has 0 aliphatic rings. The number of halogens is 1. The SMILES string of the molecule is CCOC(=O)c1ccccc1NC(=O)c1ccc(Br)cc1. The summed E-state index contributed by atoms with van der Waals surface area (Å²) in [4.78, 5) is 24.0. The second-order valence-corrected chi connectivity index (χ2v) is 5.14. The molecule has 0 radical (unpaired) electrons. The van der Waals surface area contributed by atoms with Gasteiger partial charge in [-0.2, -0.15) is 0 Å². The van der Waals surface area contributed by atoms with E-state index in [2.05, 4.69) is 21.2 Å². The molecule has 0 unspecified atom stereocenters. The first-order chi connectivity index (χ1) is 10.1. The Morgan fingerprint density at radius 3 is 2.43 bits per heavy atom. The van der Waals surface area contributed by atoms with E-state index in [1.54, 1.807) is 55.5 Å². The maximum Gasteiger partial charge on any atom is 0.340 e. The minimum atomic E-state index is -0.454. The van der Waals surface area contributed by atoms with Crippen LogP contribution in [0.2, 0.25) is 0 Å². The fraction of sp³-hybridized carbons (Fsp3) is 0.125. The van der Waals surface area contributed by atoms with Crippen molar-refractivity contribution in [3.63, 3.8) is 0 Å². The number of para-hydroxylation sites is 1. The van der Waals surface area contributed by atoms with E-state index in [1.807, 2.05) is 0 Å². The van der Waals surface area contributed by atoms with Crippen molar-refractivity contribution in [1.29, 1.82) is 0 Å². The lowest BCUT2D eigenvalue weighted by Crippen LogP contribution is -2.15. The summed E-state index contributed by atoms with van der Waals surface area (Å²) in [6, 6.07) is 13.7. The molecule has 2 rings (SSSR count). The Morgan fingerprint density at radius 2 is 1.76 bits per heavy atom. The second kappa shape index (κ2) is 7.04. The summed E-state index contributed by atoms with van der Waals surface area (Å²) >= 11 is 3.32. The number of carbonyl (C=O) groups is 2. The third kappa shape index (κ3) is 3.92. The van der Waals surface area contributed by atoms with Gasteiger partial charge in [0, 0.05) is 10.0 Å². The smallest absolute Gasteiger partial charge is 0.340 e.